The number of methoxy groups -OCH3 is 1. The van der Waals surface area contributed by atoms with Gasteiger partial charge in [0.2, 0.25) is 0 Å². The van der Waals surface area contributed by atoms with E-state index < -0.39 is 6.61 Å². The number of nitrogens with one attached hydrogen (secondary N) is 2. The molecule has 0 spiro atoms. The van der Waals surface area contributed by atoms with Gasteiger partial charge >= 0.3 is 6.61 Å². The van der Waals surface area contributed by atoms with Gasteiger partial charge in [0.1, 0.15) is 17.2 Å². The summed E-state index contributed by atoms with van der Waals surface area (Å²) in [6, 6.07) is 12.0. The molecule has 10 heteroatoms. The molecule has 0 fully saturated rings. The van der Waals surface area contributed by atoms with Gasteiger partial charge in [-0.15, -0.1) is 0 Å². The molecule has 0 atom stereocenters. The van der Waals surface area contributed by atoms with Crippen LogP contribution in [-0.4, -0.2) is 52.3 Å². The maximum atomic E-state index is 12.7. The van der Waals surface area contributed by atoms with Crippen molar-refractivity contribution in [2.24, 2.45) is 4.99 Å². The number of hydrogen-bond acceptors (Lipinski definition) is 5. The lowest BCUT2D eigenvalue weighted by Gasteiger charge is -2.29. The molecule has 1 aliphatic rings. The molecule has 1 amide bonds. The Morgan fingerprint density at radius 2 is 2.06 bits per heavy atom. The number of alkyl halides is 2. The molecule has 0 bridgehead atoms. The van der Waals surface area contributed by atoms with E-state index in [2.05, 4.69) is 20.4 Å². The molecule has 0 unspecified atom stereocenters. The van der Waals surface area contributed by atoms with Gasteiger partial charge in [-0.2, -0.15) is 8.78 Å². The van der Waals surface area contributed by atoms with E-state index in [1.165, 1.54) is 13.2 Å². The number of guanidine groups is 1. The number of aliphatic imine (C=N–C) groups is 1. The highest BCUT2D eigenvalue weighted by Crippen LogP contribution is 2.31. The van der Waals surface area contributed by atoms with Crippen molar-refractivity contribution in [1.29, 1.82) is 0 Å². The van der Waals surface area contributed by atoms with Gasteiger partial charge in [0, 0.05) is 32.2 Å². The topological polar surface area (TPSA) is 84.4 Å². The lowest BCUT2D eigenvalue weighted by molar-refractivity contribution is -0.121. The first-order chi connectivity index (χ1) is 15.5. The van der Waals surface area contributed by atoms with Crippen LogP contribution in [0.1, 0.15) is 12.0 Å². The van der Waals surface area contributed by atoms with Gasteiger partial charge in [-0.1, -0.05) is 12.1 Å². The van der Waals surface area contributed by atoms with E-state index >= 15 is 0 Å². The van der Waals surface area contributed by atoms with Gasteiger partial charge in [-0.05, 0) is 36.8 Å². The van der Waals surface area contributed by atoms with Crippen LogP contribution in [0.3, 0.4) is 0 Å². The number of hydrogen-bond donors (Lipinski definition) is 2. The van der Waals surface area contributed by atoms with Crippen LogP contribution in [0, 0.1) is 0 Å². The zero-order chi connectivity index (χ0) is 22.9. The molecule has 0 saturated carbocycles. The Morgan fingerprint density at radius 1 is 1.25 bits per heavy atom. The summed E-state index contributed by atoms with van der Waals surface area (Å²) in [6.07, 6.45) is 0.666. The number of ether oxygens (including phenoxy) is 3. The molecule has 0 radical (unpaired) electrons. The highest BCUT2D eigenvalue weighted by Gasteiger charge is 2.24. The molecule has 0 aromatic heterocycles. The number of carbonyl (C=O) groups is 1. The monoisotopic (exact) mass is 448 g/mol. The van der Waals surface area contributed by atoms with Gasteiger partial charge in [-0.3, -0.25) is 9.79 Å². The standard InChI is InChI=1S/C22H26F2N4O4/c1-25-22(27-13-15-12-16(30-2)8-9-18(15)32-21(23)24)26-10-5-11-28-17-6-3-4-7-19(17)31-14-20(28)29/h3-4,6-9,12,21H,5,10-11,13-14H2,1-2H3,(H2,25,26,27). The summed E-state index contributed by atoms with van der Waals surface area (Å²) in [4.78, 5) is 18.1. The van der Waals surface area contributed by atoms with Crippen LogP contribution in [0.5, 0.6) is 17.2 Å². The van der Waals surface area contributed by atoms with Crippen LogP contribution in [0.4, 0.5) is 14.5 Å². The second kappa shape index (κ2) is 11.2. The fourth-order valence-electron chi connectivity index (χ4n) is 3.27. The van der Waals surface area contributed by atoms with Gasteiger partial charge in [0.25, 0.3) is 5.91 Å². The van der Waals surface area contributed by atoms with Crippen molar-refractivity contribution >= 4 is 17.6 Å². The van der Waals surface area contributed by atoms with Crippen LogP contribution in [0.2, 0.25) is 0 Å². The second-order valence-corrected chi connectivity index (χ2v) is 6.86. The van der Waals surface area contributed by atoms with E-state index in [4.69, 9.17) is 9.47 Å². The molecule has 172 valence electrons. The average molecular weight is 448 g/mol. The fourth-order valence-corrected chi connectivity index (χ4v) is 3.27. The zero-order valence-electron chi connectivity index (χ0n) is 17.9. The number of carbonyl (C=O) groups excluding carboxylic acids is 1. The van der Waals surface area contributed by atoms with Crippen LogP contribution in [-0.2, 0) is 11.3 Å². The maximum Gasteiger partial charge on any atom is 0.387 e. The Bertz CT molecular complexity index is 955. The Labute approximate surface area is 185 Å². The third-order valence-electron chi connectivity index (χ3n) is 4.81. The summed E-state index contributed by atoms with van der Waals surface area (Å²) in [5.41, 5.74) is 1.26. The normalized spacial score (nSPS) is 13.5. The minimum absolute atomic E-state index is 0.0250. The van der Waals surface area contributed by atoms with E-state index in [0.717, 1.165) is 5.69 Å². The molecule has 2 aromatic carbocycles. The zero-order valence-corrected chi connectivity index (χ0v) is 17.9. The van der Waals surface area contributed by atoms with Crippen molar-refractivity contribution < 1.29 is 27.8 Å². The summed E-state index contributed by atoms with van der Waals surface area (Å²) >= 11 is 0. The number of amides is 1. The first kappa shape index (κ1) is 23.1. The summed E-state index contributed by atoms with van der Waals surface area (Å²) in [6.45, 7) is -1.63. The van der Waals surface area contributed by atoms with Gasteiger partial charge in [-0.25, -0.2) is 0 Å². The number of benzene rings is 2. The van der Waals surface area contributed by atoms with Crippen molar-refractivity contribution in [2.45, 2.75) is 19.6 Å². The molecule has 3 rings (SSSR count). The summed E-state index contributed by atoms with van der Waals surface area (Å²) in [7, 11) is 3.11. The van der Waals surface area contributed by atoms with Crippen molar-refractivity contribution in [3.63, 3.8) is 0 Å². The van der Waals surface area contributed by atoms with Gasteiger partial charge in [0.05, 0.1) is 12.8 Å². The van der Waals surface area contributed by atoms with Crippen molar-refractivity contribution in [2.75, 3.05) is 38.8 Å². The van der Waals surface area contributed by atoms with Gasteiger partial charge < -0.3 is 29.7 Å². The Morgan fingerprint density at radius 3 is 2.81 bits per heavy atom. The molecule has 1 heterocycles. The molecule has 2 N–H and O–H groups in total. The molecule has 1 aliphatic heterocycles. The number of nitrogens with zero attached hydrogens (tertiary/aromatic N) is 2. The largest absolute Gasteiger partial charge is 0.497 e. The second-order valence-electron chi connectivity index (χ2n) is 6.86. The van der Waals surface area contributed by atoms with Crippen molar-refractivity contribution in [1.82, 2.24) is 10.6 Å². The smallest absolute Gasteiger partial charge is 0.387 e. The SMILES string of the molecule is CN=C(NCCCN1C(=O)COc2ccccc21)NCc1cc(OC)ccc1OC(F)F. The minimum Gasteiger partial charge on any atom is -0.497 e. The lowest BCUT2D eigenvalue weighted by atomic mass is 10.2. The number of anilines is 1. The molecule has 0 aliphatic carbocycles. The molecule has 2 aromatic rings. The highest BCUT2D eigenvalue weighted by molar-refractivity contribution is 5.97. The number of para-hydroxylation sites is 2. The number of fused-ring (bicyclic) bond motifs is 1. The van der Waals surface area contributed by atoms with Crippen molar-refractivity contribution in [3.05, 3.63) is 48.0 Å². The summed E-state index contributed by atoms with van der Waals surface area (Å²) in [5.74, 6) is 1.69. The van der Waals surface area contributed by atoms with E-state index in [-0.39, 0.29) is 24.8 Å². The average Bonchev–Trinajstić information content (AvgIpc) is 2.80. The third-order valence-corrected chi connectivity index (χ3v) is 4.81. The summed E-state index contributed by atoms with van der Waals surface area (Å²) < 4.78 is 40.6. The van der Waals surface area contributed by atoms with Crippen LogP contribution in [0.15, 0.2) is 47.5 Å². The fraction of sp³-hybridized carbons (Fsp3) is 0.364. The Hall–Kier alpha value is -3.56. The quantitative estimate of drug-likeness (QED) is 0.349. The van der Waals surface area contributed by atoms with E-state index in [1.54, 1.807) is 24.1 Å². The first-order valence-electron chi connectivity index (χ1n) is 10.1. The Balaban J connectivity index is 1.52. The lowest BCUT2D eigenvalue weighted by Crippen LogP contribution is -2.42. The molecule has 32 heavy (non-hydrogen) atoms. The van der Waals surface area contributed by atoms with Crippen LogP contribution < -0.4 is 29.7 Å². The van der Waals surface area contributed by atoms with E-state index in [0.29, 0.717) is 42.5 Å². The molecule has 0 saturated heterocycles. The predicted molar refractivity (Wildman–Crippen MR) is 117 cm³/mol. The summed E-state index contributed by atoms with van der Waals surface area (Å²) in [5, 5.41) is 6.23. The van der Waals surface area contributed by atoms with E-state index in [1.807, 2.05) is 24.3 Å². The van der Waals surface area contributed by atoms with Gasteiger partial charge in [0.15, 0.2) is 12.6 Å². The number of halogens is 2. The Kier molecular flexibility index (Phi) is 8.07. The van der Waals surface area contributed by atoms with E-state index in [9.17, 15) is 13.6 Å². The molecular formula is C22H26F2N4O4. The van der Waals surface area contributed by atoms with Crippen molar-refractivity contribution in [3.8, 4) is 17.2 Å². The number of rotatable bonds is 9. The minimum atomic E-state index is -2.92. The van der Waals surface area contributed by atoms with Crippen LogP contribution >= 0.6 is 0 Å². The first-order valence-corrected chi connectivity index (χ1v) is 10.1. The highest BCUT2D eigenvalue weighted by atomic mass is 19.3. The third kappa shape index (κ3) is 5.99. The molecule has 8 nitrogen and oxygen atoms in total. The predicted octanol–water partition coefficient (Wildman–Crippen LogP) is 2.78. The maximum absolute atomic E-state index is 12.7. The van der Waals surface area contributed by atoms with Crippen LogP contribution in [0.25, 0.3) is 0 Å². The molecular weight excluding hydrogens is 422 g/mol.